The molecule has 2 aromatic rings. The fraction of sp³-hybridized carbons (Fsp3) is 0.333. The van der Waals surface area contributed by atoms with Crippen molar-refractivity contribution in [3.63, 3.8) is 0 Å². The Morgan fingerprint density at radius 3 is 2.57 bits per heavy atom. The van der Waals surface area contributed by atoms with E-state index in [0.717, 1.165) is 24.8 Å². The minimum Gasteiger partial charge on any atom is -0.364 e. The summed E-state index contributed by atoms with van der Waals surface area (Å²) in [7, 11) is 1.84. The molecule has 0 saturated carbocycles. The Balaban J connectivity index is 1.59. The van der Waals surface area contributed by atoms with E-state index < -0.39 is 12.1 Å². The minimum absolute atomic E-state index is 0.0707. The van der Waals surface area contributed by atoms with Gasteiger partial charge in [0.15, 0.2) is 0 Å². The molecule has 1 unspecified atom stereocenters. The first kappa shape index (κ1) is 25.9. The number of allylic oxidation sites excluding steroid dienone is 1. The summed E-state index contributed by atoms with van der Waals surface area (Å²) in [5.74, 6) is 5.90. The van der Waals surface area contributed by atoms with Crippen LogP contribution in [0.25, 0.3) is 5.70 Å². The number of hydrogen-bond donors (Lipinski definition) is 3. The summed E-state index contributed by atoms with van der Waals surface area (Å²) < 4.78 is 0. The predicted molar refractivity (Wildman–Crippen MR) is 141 cm³/mol. The van der Waals surface area contributed by atoms with Crippen LogP contribution in [0.5, 0.6) is 0 Å². The van der Waals surface area contributed by atoms with E-state index in [0.29, 0.717) is 29.2 Å². The molecule has 194 valence electrons. The van der Waals surface area contributed by atoms with Gasteiger partial charge < -0.3 is 20.9 Å². The summed E-state index contributed by atoms with van der Waals surface area (Å²) in [5, 5.41) is 4.16. The number of hydrogen-bond acceptors (Lipinski definition) is 7. The van der Waals surface area contributed by atoms with E-state index in [1.807, 2.05) is 42.8 Å². The van der Waals surface area contributed by atoms with Gasteiger partial charge in [0.2, 0.25) is 5.91 Å². The molecule has 10 heteroatoms. The molecule has 0 aliphatic carbocycles. The number of pyridine rings is 1. The number of primary amides is 1. The van der Waals surface area contributed by atoms with Crippen LogP contribution in [-0.2, 0) is 9.59 Å². The van der Waals surface area contributed by atoms with Crippen molar-refractivity contribution in [1.82, 2.24) is 19.8 Å². The third kappa shape index (κ3) is 5.19. The zero-order valence-corrected chi connectivity index (χ0v) is 21.3. The Hall–Kier alpha value is -4.18. The molecule has 2 aliphatic heterocycles. The topological polar surface area (TPSA) is 138 Å². The van der Waals surface area contributed by atoms with Crippen molar-refractivity contribution in [2.45, 2.75) is 45.3 Å². The van der Waals surface area contributed by atoms with E-state index in [9.17, 15) is 14.4 Å². The van der Waals surface area contributed by atoms with Gasteiger partial charge in [-0.1, -0.05) is 25.1 Å². The number of amides is 3. The van der Waals surface area contributed by atoms with Gasteiger partial charge in [0.25, 0.3) is 11.8 Å². The van der Waals surface area contributed by atoms with Crippen LogP contribution >= 0.6 is 0 Å². The van der Waals surface area contributed by atoms with Crippen LogP contribution in [0.2, 0.25) is 0 Å². The summed E-state index contributed by atoms with van der Waals surface area (Å²) >= 11 is 0. The maximum Gasteiger partial charge on any atom is 0.268 e. The van der Waals surface area contributed by atoms with Gasteiger partial charge in [-0.3, -0.25) is 19.4 Å². The lowest BCUT2D eigenvalue weighted by Gasteiger charge is -2.38. The average Bonchev–Trinajstić information content (AvgIpc) is 3.44. The van der Waals surface area contributed by atoms with Crippen LogP contribution in [0.3, 0.4) is 0 Å². The SMILES string of the molecule is CC/C=C/C(=O)N1CCC[C@H]1C1N(C)C(c2ccc(C(=O)Nc3cc(C)ccn3)cc2)=C(C(N)=O)N1N. The normalized spacial score (nSPS) is 19.7. The zero-order chi connectivity index (χ0) is 26.7. The van der Waals surface area contributed by atoms with Gasteiger partial charge in [0, 0.05) is 30.9 Å². The average molecular weight is 504 g/mol. The van der Waals surface area contributed by atoms with Crippen molar-refractivity contribution < 1.29 is 14.4 Å². The lowest BCUT2D eigenvalue weighted by atomic mass is 10.1. The highest BCUT2D eigenvalue weighted by Crippen LogP contribution is 2.38. The highest BCUT2D eigenvalue weighted by atomic mass is 16.2. The maximum absolute atomic E-state index is 12.8. The first-order chi connectivity index (χ1) is 17.7. The maximum atomic E-state index is 12.8. The number of nitrogens with zero attached hydrogens (tertiary/aromatic N) is 4. The van der Waals surface area contributed by atoms with E-state index in [4.69, 9.17) is 11.6 Å². The number of carbonyl (C=O) groups is 3. The number of nitrogens with two attached hydrogens (primary N) is 2. The fourth-order valence-electron chi connectivity index (χ4n) is 5.03. The number of hydrazine groups is 1. The van der Waals surface area contributed by atoms with Gasteiger partial charge in [-0.15, -0.1) is 0 Å². The molecule has 5 N–H and O–H groups in total. The molecule has 1 aromatic carbocycles. The third-order valence-electron chi connectivity index (χ3n) is 6.75. The van der Waals surface area contributed by atoms with Crippen molar-refractivity contribution in [2.24, 2.45) is 11.6 Å². The second-order valence-corrected chi connectivity index (χ2v) is 9.29. The number of likely N-dealkylation sites (N-methyl/N-ethyl adjacent to an activating group) is 1. The second-order valence-electron chi connectivity index (χ2n) is 9.29. The summed E-state index contributed by atoms with van der Waals surface area (Å²) in [5.41, 5.74) is 8.59. The molecule has 1 aromatic heterocycles. The Labute approximate surface area is 216 Å². The van der Waals surface area contributed by atoms with Crippen LogP contribution in [0.15, 0.2) is 60.4 Å². The van der Waals surface area contributed by atoms with Crippen molar-refractivity contribution in [1.29, 1.82) is 0 Å². The van der Waals surface area contributed by atoms with Gasteiger partial charge in [-0.05, 0) is 62.1 Å². The van der Waals surface area contributed by atoms with Gasteiger partial charge in [-0.25, -0.2) is 10.8 Å². The molecule has 0 radical (unpaired) electrons. The standard InChI is InChI=1S/C27H33N7O3/c1-4-5-8-22(35)33-15-6-7-20(33)27-32(3)23(24(25(28)36)34(27)29)18-9-11-19(12-10-18)26(37)31-21-16-17(2)13-14-30-21/h5,8-14,16,20,27H,4,6-7,15,29H2,1-3H3,(H2,28,36)(H,30,31,37)/b8-5+/t20-,27?/m0/s1. The van der Waals surface area contributed by atoms with E-state index in [2.05, 4.69) is 10.3 Å². The molecule has 1 saturated heterocycles. The number of rotatable bonds is 7. The third-order valence-corrected chi connectivity index (χ3v) is 6.75. The molecule has 3 heterocycles. The highest BCUT2D eigenvalue weighted by molar-refractivity contribution is 6.04. The summed E-state index contributed by atoms with van der Waals surface area (Å²) in [4.78, 5) is 45.9. The molecule has 37 heavy (non-hydrogen) atoms. The molecule has 4 rings (SSSR count). The zero-order valence-electron chi connectivity index (χ0n) is 21.3. The van der Waals surface area contributed by atoms with E-state index >= 15 is 0 Å². The van der Waals surface area contributed by atoms with Crippen LogP contribution in [0.4, 0.5) is 5.82 Å². The molecule has 1 fully saturated rings. The van der Waals surface area contributed by atoms with E-state index in [1.54, 1.807) is 42.6 Å². The lowest BCUT2D eigenvalue weighted by Crippen LogP contribution is -2.56. The highest BCUT2D eigenvalue weighted by Gasteiger charge is 2.46. The first-order valence-electron chi connectivity index (χ1n) is 12.3. The number of anilines is 1. The van der Waals surface area contributed by atoms with Crippen LogP contribution in [-0.4, -0.2) is 63.3 Å². The monoisotopic (exact) mass is 503 g/mol. The van der Waals surface area contributed by atoms with Gasteiger partial charge in [-0.2, -0.15) is 0 Å². The Morgan fingerprint density at radius 1 is 1.19 bits per heavy atom. The Bertz CT molecular complexity index is 1250. The van der Waals surface area contributed by atoms with Crippen molar-refractivity contribution in [3.8, 4) is 0 Å². The fourth-order valence-corrected chi connectivity index (χ4v) is 5.03. The van der Waals surface area contributed by atoms with Crippen molar-refractivity contribution in [2.75, 3.05) is 18.9 Å². The first-order valence-corrected chi connectivity index (χ1v) is 12.3. The number of likely N-dealkylation sites (tertiary alicyclic amines) is 1. The largest absolute Gasteiger partial charge is 0.364 e. The Morgan fingerprint density at radius 2 is 1.92 bits per heavy atom. The van der Waals surface area contributed by atoms with Gasteiger partial charge in [0.1, 0.15) is 17.7 Å². The number of aromatic nitrogens is 1. The smallest absolute Gasteiger partial charge is 0.268 e. The molecule has 2 atom stereocenters. The molecular weight excluding hydrogens is 470 g/mol. The molecule has 3 amide bonds. The molecule has 0 spiro atoms. The Kier molecular flexibility index (Phi) is 7.58. The van der Waals surface area contributed by atoms with E-state index in [-0.39, 0.29) is 23.6 Å². The number of nitrogens with one attached hydrogen (secondary N) is 1. The molecule has 10 nitrogen and oxygen atoms in total. The van der Waals surface area contributed by atoms with Crippen LogP contribution < -0.4 is 16.9 Å². The number of aryl methyl sites for hydroxylation is 1. The summed E-state index contributed by atoms with van der Waals surface area (Å²) in [6, 6.07) is 10.3. The van der Waals surface area contributed by atoms with Crippen LogP contribution in [0, 0.1) is 6.92 Å². The van der Waals surface area contributed by atoms with Crippen molar-refractivity contribution >= 4 is 29.2 Å². The van der Waals surface area contributed by atoms with E-state index in [1.165, 1.54) is 5.01 Å². The lowest BCUT2D eigenvalue weighted by molar-refractivity contribution is -0.128. The summed E-state index contributed by atoms with van der Waals surface area (Å²) in [6.07, 6.45) is 6.96. The van der Waals surface area contributed by atoms with Crippen LogP contribution in [0.1, 0.15) is 47.7 Å². The molecule has 2 aliphatic rings. The van der Waals surface area contributed by atoms with Gasteiger partial charge in [0.05, 0.1) is 11.7 Å². The number of carbonyl (C=O) groups excluding carboxylic acids is 3. The molecular formula is C27H33N7O3. The minimum atomic E-state index is -0.666. The number of benzene rings is 1. The molecule has 0 bridgehead atoms. The van der Waals surface area contributed by atoms with Gasteiger partial charge >= 0.3 is 0 Å². The quantitative estimate of drug-likeness (QED) is 0.389. The summed E-state index contributed by atoms with van der Waals surface area (Å²) in [6.45, 7) is 4.52. The predicted octanol–water partition coefficient (Wildman–Crippen LogP) is 2.20. The second kappa shape index (κ2) is 10.8. The van der Waals surface area contributed by atoms with Crippen molar-refractivity contribution in [3.05, 3.63) is 77.1 Å².